The Morgan fingerprint density at radius 3 is 2.65 bits per heavy atom. The van der Waals surface area contributed by atoms with Crippen LogP contribution in [0.5, 0.6) is 0 Å². The highest BCUT2D eigenvalue weighted by Crippen LogP contribution is 2.33. The quantitative estimate of drug-likeness (QED) is 0.460. The number of sulfonamides is 1. The summed E-state index contributed by atoms with van der Waals surface area (Å²) in [6.07, 6.45) is 3.87. The van der Waals surface area contributed by atoms with Crippen LogP contribution in [-0.2, 0) is 10.0 Å². The van der Waals surface area contributed by atoms with Crippen molar-refractivity contribution in [2.45, 2.75) is 24.7 Å². The monoisotopic (exact) mass is 477 g/mol. The summed E-state index contributed by atoms with van der Waals surface area (Å²) >= 11 is 12.3. The molecule has 0 atom stereocenters. The Kier molecular flexibility index (Phi) is 6.74. The fourth-order valence-corrected chi connectivity index (χ4v) is 5.73. The number of hydrogen-bond acceptors (Lipinski definition) is 3. The molecule has 0 fully saturated rings. The van der Waals surface area contributed by atoms with E-state index in [4.69, 9.17) is 23.4 Å². The van der Waals surface area contributed by atoms with Crippen LogP contribution in [0, 0.1) is 6.92 Å². The SMILES string of the molecule is Cc1[nH]c2ccc(Cl)cc2c1C1=CCN(CCCN(Cl)S(=O)(=O)c2ccccc2)CC1. The summed E-state index contributed by atoms with van der Waals surface area (Å²) in [5.74, 6) is 0. The van der Waals surface area contributed by atoms with Crippen molar-refractivity contribution in [2.24, 2.45) is 0 Å². The zero-order chi connectivity index (χ0) is 22.0. The van der Waals surface area contributed by atoms with E-state index >= 15 is 0 Å². The molecule has 1 aromatic heterocycles. The average molecular weight is 478 g/mol. The van der Waals surface area contributed by atoms with Gasteiger partial charge in [-0.25, -0.2) is 8.42 Å². The summed E-state index contributed by atoms with van der Waals surface area (Å²) in [7, 11) is -3.66. The first-order valence-electron chi connectivity index (χ1n) is 10.3. The smallest absolute Gasteiger partial charge is 0.256 e. The Hall–Kier alpha value is -1.83. The highest BCUT2D eigenvalue weighted by Gasteiger charge is 2.23. The third-order valence-corrected chi connectivity index (χ3v) is 8.19. The third-order valence-electron chi connectivity index (χ3n) is 5.67. The minimum Gasteiger partial charge on any atom is -0.358 e. The van der Waals surface area contributed by atoms with E-state index < -0.39 is 10.0 Å². The topological polar surface area (TPSA) is 56.4 Å². The summed E-state index contributed by atoms with van der Waals surface area (Å²) < 4.78 is 25.9. The Labute approximate surface area is 193 Å². The van der Waals surface area contributed by atoms with Crippen LogP contribution in [0.3, 0.4) is 0 Å². The number of hydrogen-bond donors (Lipinski definition) is 1. The maximum absolute atomic E-state index is 12.5. The molecule has 0 unspecified atom stereocenters. The lowest BCUT2D eigenvalue weighted by atomic mass is 9.96. The first-order valence-corrected chi connectivity index (χ1v) is 12.4. The molecular weight excluding hydrogens is 453 g/mol. The van der Waals surface area contributed by atoms with Crippen LogP contribution in [-0.4, -0.2) is 48.3 Å². The molecule has 1 aliphatic heterocycles. The molecule has 0 saturated carbocycles. The molecule has 0 bridgehead atoms. The fourth-order valence-electron chi connectivity index (χ4n) is 4.10. The van der Waals surface area contributed by atoms with Gasteiger partial charge < -0.3 is 4.98 Å². The number of nitrogens with one attached hydrogen (secondary N) is 1. The summed E-state index contributed by atoms with van der Waals surface area (Å²) in [4.78, 5) is 5.98. The fraction of sp³-hybridized carbons (Fsp3) is 0.304. The number of aromatic amines is 1. The van der Waals surface area contributed by atoms with Crippen LogP contribution < -0.4 is 0 Å². The van der Waals surface area contributed by atoms with E-state index in [0.717, 1.165) is 51.5 Å². The second-order valence-corrected chi connectivity index (χ2v) is 10.7. The van der Waals surface area contributed by atoms with E-state index in [9.17, 15) is 8.42 Å². The minimum atomic E-state index is -3.66. The maximum Gasteiger partial charge on any atom is 0.256 e. The van der Waals surface area contributed by atoms with Crippen molar-refractivity contribution in [2.75, 3.05) is 26.2 Å². The van der Waals surface area contributed by atoms with E-state index in [1.807, 2.05) is 18.2 Å². The second-order valence-electron chi connectivity index (χ2n) is 7.78. The molecule has 8 heteroatoms. The van der Waals surface area contributed by atoms with Crippen molar-refractivity contribution >= 4 is 49.9 Å². The molecule has 0 spiro atoms. The number of rotatable bonds is 7. The summed E-state index contributed by atoms with van der Waals surface area (Å²) in [6, 6.07) is 14.2. The van der Waals surface area contributed by atoms with Gasteiger partial charge >= 0.3 is 0 Å². The number of aromatic nitrogens is 1. The molecule has 0 amide bonds. The van der Waals surface area contributed by atoms with Gasteiger partial charge in [0.25, 0.3) is 10.0 Å². The van der Waals surface area contributed by atoms with Gasteiger partial charge in [-0.15, -0.1) is 3.82 Å². The van der Waals surface area contributed by atoms with Crippen LogP contribution >= 0.6 is 23.4 Å². The number of H-pyrrole nitrogens is 1. The molecule has 3 aromatic rings. The normalized spacial score (nSPS) is 15.5. The molecule has 0 radical (unpaired) electrons. The van der Waals surface area contributed by atoms with Gasteiger partial charge in [-0.2, -0.15) is 0 Å². The predicted molar refractivity (Wildman–Crippen MR) is 128 cm³/mol. The highest BCUT2D eigenvalue weighted by atomic mass is 35.5. The first-order chi connectivity index (χ1) is 14.9. The lowest BCUT2D eigenvalue weighted by molar-refractivity contribution is 0.293. The average Bonchev–Trinajstić information content (AvgIpc) is 3.09. The highest BCUT2D eigenvalue weighted by molar-refractivity contribution is 7.90. The molecule has 0 aliphatic carbocycles. The molecular formula is C23H25Cl2N3O2S. The molecule has 5 nitrogen and oxygen atoms in total. The largest absolute Gasteiger partial charge is 0.358 e. The summed E-state index contributed by atoms with van der Waals surface area (Å²) in [6.45, 7) is 4.91. The number of halogens is 2. The molecule has 1 N–H and O–H groups in total. The van der Waals surface area contributed by atoms with Gasteiger partial charge in [-0.1, -0.05) is 35.9 Å². The van der Waals surface area contributed by atoms with Crippen molar-refractivity contribution in [1.29, 1.82) is 0 Å². The van der Waals surface area contributed by atoms with E-state index in [-0.39, 0.29) is 11.4 Å². The molecule has 1 aliphatic rings. The predicted octanol–water partition coefficient (Wildman–Crippen LogP) is 5.45. The number of aryl methyl sites for hydroxylation is 1. The molecule has 164 valence electrons. The molecule has 4 rings (SSSR count). The number of nitrogens with zero attached hydrogens (tertiary/aromatic N) is 2. The van der Waals surface area contributed by atoms with Crippen molar-refractivity contribution < 1.29 is 8.42 Å². The third kappa shape index (κ3) is 4.83. The standard InChI is InChI=1S/C23H25Cl2N3O2S/c1-17-23(21-16-19(24)8-9-22(21)26-17)18-10-14-27(15-11-18)12-5-13-28(25)31(29,30)20-6-3-2-4-7-20/h2-4,6-10,16,26H,5,11-15H2,1H3. The zero-order valence-electron chi connectivity index (χ0n) is 17.3. The minimum absolute atomic E-state index is 0.213. The lowest BCUT2D eigenvalue weighted by Gasteiger charge is -2.27. The van der Waals surface area contributed by atoms with Crippen molar-refractivity contribution in [3.63, 3.8) is 0 Å². The van der Waals surface area contributed by atoms with Crippen molar-refractivity contribution in [1.82, 2.24) is 13.7 Å². The van der Waals surface area contributed by atoms with Gasteiger partial charge in [0.15, 0.2) is 0 Å². The molecule has 2 aromatic carbocycles. The van der Waals surface area contributed by atoms with Gasteiger partial charge in [0, 0.05) is 46.8 Å². The molecule has 2 heterocycles. The van der Waals surface area contributed by atoms with Gasteiger partial charge in [0.2, 0.25) is 0 Å². The Bertz CT molecular complexity index is 1210. The number of benzene rings is 2. The van der Waals surface area contributed by atoms with Crippen LogP contribution in [0.15, 0.2) is 59.5 Å². The van der Waals surface area contributed by atoms with E-state index in [0.29, 0.717) is 6.42 Å². The summed E-state index contributed by atoms with van der Waals surface area (Å²) in [5, 5.41) is 1.90. The van der Waals surface area contributed by atoms with Gasteiger partial charge in [-0.05, 0) is 74.0 Å². The van der Waals surface area contributed by atoms with Gasteiger partial charge in [0.1, 0.15) is 0 Å². The summed E-state index contributed by atoms with van der Waals surface area (Å²) in [5.41, 5.74) is 4.83. The molecule has 0 saturated heterocycles. The van der Waals surface area contributed by atoms with Crippen LogP contribution in [0.25, 0.3) is 16.5 Å². The number of fused-ring (bicyclic) bond motifs is 1. The van der Waals surface area contributed by atoms with Crippen LogP contribution in [0.2, 0.25) is 5.02 Å². The van der Waals surface area contributed by atoms with Crippen LogP contribution in [0.1, 0.15) is 24.1 Å². The van der Waals surface area contributed by atoms with E-state index in [2.05, 4.69) is 22.9 Å². The zero-order valence-corrected chi connectivity index (χ0v) is 19.6. The maximum atomic E-state index is 12.5. The first kappa shape index (κ1) is 22.4. The van der Waals surface area contributed by atoms with E-state index in [1.165, 1.54) is 11.1 Å². The van der Waals surface area contributed by atoms with Gasteiger partial charge in [0.05, 0.1) is 4.90 Å². The molecule has 31 heavy (non-hydrogen) atoms. The Morgan fingerprint density at radius 2 is 1.94 bits per heavy atom. The van der Waals surface area contributed by atoms with E-state index in [1.54, 1.807) is 30.3 Å². The lowest BCUT2D eigenvalue weighted by Crippen LogP contribution is -2.32. The van der Waals surface area contributed by atoms with Crippen molar-refractivity contribution in [3.05, 3.63) is 70.9 Å². The van der Waals surface area contributed by atoms with Crippen molar-refractivity contribution in [3.8, 4) is 0 Å². The van der Waals surface area contributed by atoms with Gasteiger partial charge in [-0.3, -0.25) is 4.90 Å². The second kappa shape index (κ2) is 9.35. The Morgan fingerprint density at radius 1 is 1.16 bits per heavy atom. The Balaban J connectivity index is 1.36. The van der Waals surface area contributed by atoms with Crippen LogP contribution in [0.4, 0.5) is 0 Å².